The molecule has 1 aliphatic heterocycles. The van der Waals surface area contributed by atoms with E-state index in [-0.39, 0.29) is 5.91 Å². The third-order valence-electron chi connectivity index (χ3n) is 4.45. The van der Waals surface area contributed by atoms with Crippen molar-refractivity contribution in [1.82, 2.24) is 10.2 Å². The zero-order valence-electron chi connectivity index (χ0n) is 11.4. The van der Waals surface area contributed by atoms with E-state index in [2.05, 4.69) is 11.9 Å². The van der Waals surface area contributed by atoms with E-state index < -0.39 is 0 Å². The molecule has 0 radical (unpaired) electrons. The van der Waals surface area contributed by atoms with E-state index in [1.165, 1.54) is 0 Å². The highest BCUT2D eigenvalue weighted by atomic mass is 16.2. The topological polar surface area (TPSA) is 32.3 Å². The van der Waals surface area contributed by atoms with Gasteiger partial charge in [-0.3, -0.25) is 4.79 Å². The van der Waals surface area contributed by atoms with E-state index in [0.717, 1.165) is 42.5 Å². The summed E-state index contributed by atoms with van der Waals surface area (Å²) in [5.74, 6) is 0.133. The van der Waals surface area contributed by atoms with Gasteiger partial charge in [0.25, 0.3) is 5.91 Å². The molecule has 1 aromatic carbocycles. The van der Waals surface area contributed by atoms with E-state index in [1.807, 2.05) is 36.2 Å². The first-order valence-corrected chi connectivity index (χ1v) is 7.01. The summed E-state index contributed by atoms with van der Waals surface area (Å²) >= 11 is 0. The Morgan fingerprint density at radius 3 is 2.37 bits per heavy atom. The second kappa shape index (κ2) is 4.82. The maximum absolute atomic E-state index is 12.5. The van der Waals surface area contributed by atoms with Gasteiger partial charge in [0.2, 0.25) is 0 Å². The predicted octanol–water partition coefficient (Wildman–Crippen LogP) is 2.64. The van der Waals surface area contributed by atoms with Crippen LogP contribution in [0.4, 0.5) is 0 Å². The van der Waals surface area contributed by atoms with Gasteiger partial charge < -0.3 is 10.2 Å². The van der Waals surface area contributed by atoms with E-state index in [1.54, 1.807) is 0 Å². The van der Waals surface area contributed by atoms with Crippen molar-refractivity contribution < 1.29 is 4.79 Å². The van der Waals surface area contributed by atoms with E-state index in [4.69, 9.17) is 0 Å². The zero-order valence-corrected chi connectivity index (χ0v) is 11.4. The maximum atomic E-state index is 12.5. The lowest BCUT2D eigenvalue weighted by Gasteiger charge is -2.35. The standard InChI is InChI=1S/C16H20N2O/c1-11-14-5-3-4-6-15(14)16(19)18(11)13-9-7-12(17-2)8-10-13/h3-6,12-13,17H,1,7-10H2,2H3. The number of nitrogens with one attached hydrogen (secondary N) is 1. The molecule has 1 aliphatic carbocycles. The molecular formula is C16H20N2O. The molecule has 19 heavy (non-hydrogen) atoms. The third kappa shape index (κ3) is 1.98. The van der Waals surface area contributed by atoms with Gasteiger partial charge in [-0.1, -0.05) is 24.8 Å². The number of hydrogen-bond acceptors (Lipinski definition) is 2. The van der Waals surface area contributed by atoms with Crippen molar-refractivity contribution in [2.24, 2.45) is 0 Å². The van der Waals surface area contributed by atoms with Crippen LogP contribution in [-0.4, -0.2) is 29.9 Å². The van der Waals surface area contributed by atoms with Gasteiger partial charge in [-0.25, -0.2) is 0 Å². The van der Waals surface area contributed by atoms with Gasteiger partial charge >= 0.3 is 0 Å². The highest BCUT2D eigenvalue weighted by Crippen LogP contribution is 2.36. The van der Waals surface area contributed by atoms with Crippen molar-refractivity contribution in [3.63, 3.8) is 0 Å². The molecule has 0 unspecified atom stereocenters. The Morgan fingerprint density at radius 2 is 1.79 bits per heavy atom. The van der Waals surface area contributed by atoms with Gasteiger partial charge in [-0.2, -0.15) is 0 Å². The Bertz CT molecular complexity index is 480. The summed E-state index contributed by atoms with van der Waals surface area (Å²) in [7, 11) is 2.01. The van der Waals surface area contributed by atoms with Gasteiger partial charge in [0.05, 0.1) is 0 Å². The van der Waals surface area contributed by atoms with Crippen LogP contribution in [0.2, 0.25) is 0 Å². The Balaban J connectivity index is 1.81. The molecule has 1 saturated carbocycles. The first kappa shape index (κ1) is 12.4. The molecule has 1 heterocycles. The summed E-state index contributed by atoms with van der Waals surface area (Å²) in [4.78, 5) is 14.4. The smallest absolute Gasteiger partial charge is 0.259 e. The molecule has 3 heteroatoms. The highest BCUT2D eigenvalue weighted by molar-refractivity contribution is 6.09. The first-order valence-electron chi connectivity index (χ1n) is 7.01. The molecule has 2 aliphatic rings. The first-order chi connectivity index (χ1) is 9.22. The van der Waals surface area contributed by atoms with Gasteiger partial charge in [0.1, 0.15) is 0 Å². The summed E-state index contributed by atoms with van der Waals surface area (Å²) in [5.41, 5.74) is 2.69. The summed E-state index contributed by atoms with van der Waals surface area (Å²) in [6.07, 6.45) is 4.39. The Kier molecular flexibility index (Phi) is 3.15. The number of fused-ring (bicyclic) bond motifs is 1. The molecule has 3 rings (SSSR count). The van der Waals surface area contributed by atoms with Crippen molar-refractivity contribution in [3.05, 3.63) is 42.0 Å². The molecule has 1 aromatic rings. The fraction of sp³-hybridized carbons (Fsp3) is 0.438. The molecule has 0 saturated heterocycles. The average molecular weight is 256 g/mol. The number of carbonyl (C=O) groups is 1. The second-order valence-corrected chi connectivity index (χ2v) is 5.46. The van der Waals surface area contributed by atoms with E-state index >= 15 is 0 Å². The van der Waals surface area contributed by atoms with E-state index in [0.29, 0.717) is 12.1 Å². The molecule has 0 aromatic heterocycles. The normalized spacial score (nSPS) is 26.7. The third-order valence-corrected chi connectivity index (χ3v) is 4.45. The van der Waals surface area contributed by atoms with Gasteiger partial charge in [-0.15, -0.1) is 0 Å². The predicted molar refractivity (Wildman–Crippen MR) is 76.7 cm³/mol. The van der Waals surface area contributed by atoms with Crippen LogP contribution in [0.5, 0.6) is 0 Å². The SMILES string of the molecule is C=C1c2ccccc2C(=O)N1C1CCC(NC)CC1. The molecule has 0 atom stereocenters. The fourth-order valence-corrected chi connectivity index (χ4v) is 3.31. The summed E-state index contributed by atoms with van der Waals surface area (Å²) in [5, 5.41) is 3.33. The largest absolute Gasteiger partial charge is 0.317 e. The minimum atomic E-state index is 0.133. The second-order valence-electron chi connectivity index (χ2n) is 5.46. The van der Waals surface area contributed by atoms with Crippen LogP contribution in [0.3, 0.4) is 0 Å². The van der Waals surface area contributed by atoms with Crippen molar-refractivity contribution >= 4 is 11.6 Å². The lowest BCUT2D eigenvalue weighted by atomic mass is 9.90. The number of nitrogens with zero attached hydrogens (tertiary/aromatic N) is 1. The molecule has 1 amide bonds. The Morgan fingerprint density at radius 1 is 1.16 bits per heavy atom. The molecule has 1 fully saturated rings. The minimum absolute atomic E-state index is 0.133. The highest BCUT2D eigenvalue weighted by Gasteiger charge is 2.37. The summed E-state index contributed by atoms with van der Waals surface area (Å²) in [6.45, 7) is 4.13. The van der Waals surface area contributed by atoms with Crippen molar-refractivity contribution in [1.29, 1.82) is 0 Å². The number of rotatable bonds is 2. The van der Waals surface area contributed by atoms with Crippen LogP contribution in [0.15, 0.2) is 30.8 Å². The van der Waals surface area contributed by atoms with E-state index in [9.17, 15) is 4.79 Å². The zero-order chi connectivity index (χ0) is 13.4. The number of carbonyl (C=O) groups excluding carboxylic acids is 1. The molecule has 0 bridgehead atoms. The van der Waals surface area contributed by atoms with Crippen molar-refractivity contribution in [3.8, 4) is 0 Å². The summed E-state index contributed by atoms with van der Waals surface area (Å²) < 4.78 is 0. The van der Waals surface area contributed by atoms with Gasteiger partial charge in [-0.05, 0) is 38.8 Å². The number of hydrogen-bond donors (Lipinski definition) is 1. The number of amides is 1. The van der Waals surface area contributed by atoms with Crippen LogP contribution in [0, 0.1) is 0 Å². The Hall–Kier alpha value is -1.61. The van der Waals surface area contributed by atoms with Crippen LogP contribution < -0.4 is 5.32 Å². The molecule has 0 spiro atoms. The van der Waals surface area contributed by atoms with Crippen molar-refractivity contribution in [2.75, 3.05) is 7.05 Å². The fourth-order valence-electron chi connectivity index (χ4n) is 3.31. The maximum Gasteiger partial charge on any atom is 0.259 e. The average Bonchev–Trinajstić information content (AvgIpc) is 2.72. The monoisotopic (exact) mass is 256 g/mol. The van der Waals surface area contributed by atoms with Crippen LogP contribution in [0.25, 0.3) is 5.70 Å². The van der Waals surface area contributed by atoms with Crippen molar-refractivity contribution in [2.45, 2.75) is 37.8 Å². The van der Waals surface area contributed by atoms with Crippen LogP contribution in [-0.2, 0) is 0 Å². The Labute approximate surface area is 114 Å². The lowest BCUT2D eigenvalue weighted by molar-refractivity contribution is 0.0769. The number of benzene rings is 1. The summed E-state index contributed by atoms with van der Waals surface area (Å²) in [6, 6.07) is 8.71. The van der Waals surface area contributed by atoms with Crippen LogP contribution in [0.1, 0.15) is 41.6 Å². The van der Waals surface area contributed by atoms with Gasteiger partial charge in [0, 0.05) is 28.9 Å². The quantitative estimate of drug-likeness (QED) is 0.882. The molecule has 3 nitrogen and oxygen atoms in total. The lowest BCUT2D eigenvalue weighted by Crippen LogP contribution is -2.41. The molecular weight excluding hydrogens is 236 g/mol. The minimum Gasteiger partial charge on any atom is -0.317 e. The molecule has 1 N–H and O–H groups in total. The van der Waals surface area contributed by atoms with Crippen LogP contribution >= 0.6 is 0 Å². The molecule has 100 valence electrons. The van der Waals surface area contributed by atoms with Gasteiger partial charge in [0.15, 0.2) is 0 Å².